The molecule has 1 unspecified atom stereocenters. The highest BCUT2D eigenvalue weighted by Crippen LogP contribution is 2.32. The number of nitrogens with one attached hydrogen (secondary N) is 1. The van der Waals surface area contributed by atoms with E-state index in [0.717, 1.165) is 58.1 Å². The molecular weight excluding hydrogens is 515 g/mol. The molecule has 2 fully saturated rings. The van der Waals surface area contributed by atoms with Crippen molar-refractivity contribution in [2.24, 2.45) is 0 Å². The van der Waals surface area contributed by atoms with Gasteiger partial charge >= 0.3 is 18.1 Å². The minimum absolute atomic E-state index is 0.127. The van der Waals surface area contributed by atoms with E-state index >= 15 is 0 Å². The summed E-state index contributed by atoms with van der Waals surface area (Å²) in [7, 11) is 0. The van der Waals surface area contributed by atoms with Crippen molar-refractivity contribution in [1.82, 2.24) is 10.2 Å². The van der Waals surface area contributed by atoms with Crippen LogP contribution in [0.1, 0.15) is 42.0 Å². The minimum Gasteiger partial charge on any atom is -0.478 e. The first kappa shape index (κ1) is 29.7. The predicted octanol–water partition coefficient (Wildman–Crippen LogP) is 4.12. The van der Waals surface area contributed by atoms with Crippen molar-refractivity contribution in [1.29, 1.82) is 0 Å². The maximum absolute atomic E-state index is 12.9. The summed E-state index contributed by atoms with van der Waals surface area (Å²) in [5, 5.41) is 18.6. The van der Waals surface area contributed by atoms with Gasteiger partial charge in [0, 0.05) is 50.4 Å². The van der Waals surface area contributed by atoms with Crippen molar-refractivity contribution in [2.45, 2.75) is 37.9 Å². The molecule has 2 saturated heterocycles. The number of carbonyl (C=O) groups excluding carboxylic acids is 1. The monoisotopic (exact) mass is 547 g/mol. The number of rotatable bonds is 8. The van der Waals surface area contributed by atoms with Crippen LogP contribution >= 0.6 is 0 Å². The number of anilines is 1. The number of aliphatic carboxylic acids is 2. The Balaban J connectivity index is 0.000000459. The number of amides is 1. The van der Waals surface area contributed by atoms with Crippen molar-refractivity contribution in [3.63, 3.8) is 0 Å². The van der Waals surface area contributed by atoms with Gasteiger partial charge in [-0.05, 0) is 55.1 Å². The number of nitrogens with zero attached hydrogens (tertiary/aromatic N) is 2. The summed E-state index contributed by atoms with van der Waals surface area (Å²) in [4.78, 5) is 34.9. The molecule has 0 aromatic heterocycles. The van der Waals surface area contributed by atoms with Crippen LogP contribution in [-0.4, -0.2) is 65.7 Å². The highest BCUT2D eigenvalue weighted by molar-refractivity contribution is 5.89. The number of benzene rings is 2. The SMILES string of the molecule is O=C(O)C=CC(=O)O.O=C1CCC(c2ccc(CCCN3CCN(c4cccc(C(F)(F)F)c4)CC3)cc2)N1. The molecule has 0 saturated carbocycles. The molecule has 2 aromatic rings. The number of hydrogen-bond donors (Lipinski definition) is 3. The highest BCUT2D eigenvalue weighted by Gasteiger charge is 2.31. The van der Waals surface area contributed by atoms with E-state index in [9.17, 15) is 27.6 Å². The molecule has 4 rings (SSSR count). The molecule has 2 aliphatic heterocycles. The van der Waals surface area contributed by atoms with Gasteiger partial charge in [0.25, 0.3) is 0 Å². The third kappa shape index (κ3) is 9.75. The van der Waals surface area contributed by atoms with Gasteiger partial charge in [-0.2, -0.15) is 13.2 Å². The molecule has 0 spiro atoms. The predicted molar refractivity (Wildman–Crippen MR) is 139 cm³/mol. The Kier molecular flexibility index (Phi) is 10.5. The lowest BCUT2D eigenvalue weighted by Gasteiger charge is -2.36. The summed E-state index contributed by atoms with van der Waals surface area (Å²) in [5.41, 5.74) is 2.51. The van der Waals surface area contributed by atoms with Crippen molar-refractivity contribution in [2.75, 3.05) is 37.6 Å². The Morgan fingerprint density at radius 1 is 0.974 bits per heavy atom. The maximum atomic E-state index is 12.9. The van der Waals surface area contributed by atoms with E-state index in [1.807, 2.05) is 4.90 Å². The topological polar surface area (TPSA) is 110 Å². The van der Waals surface area contributed by atoms with Crippen molar-refractivity contribution in [3.05, 3.63) is 77.4 Å². The fourth-order valence-electron chi connectivity index (χ4n) is 4.54. The van der Waals surface area contributed by atoms with Gasteiger partial charge in [0.2, 0.25) is 5.91 Å². The number of aryl methyl sites for hydroxylation is 1. The molecule has 0 radical (unpaired) electrons. The smallest absolute Gasteiger partial charge is 0.416 e. The number of carboxylic acid groups (broad SMARTS) is 2. The zero-order valence-electron chi connectivity index (χ0n) is 21.4. The van der Waals surface area contributed by atoms with E-state index in [-0.39, 0.29) is 11.9 Å². The first-order chi connectivity index (χ1) is 18.5. The van der Waals surface area contributed by atoms with E-state index in [0.29, 0.717) is 24.3 Å². The van der Waals surface area contributed by atoms with Crippen LogP contribution < -0.4 is 10.2 Å². The van der Waals surface area contributed by atoms with Crippen LogP contribution in [0, 0.1) is 0 Å². The first-order valence-corrected chi connectivity index (χ1v) is 12.7. The Morgan fingerprint density at radius 3 is 2.15 bits per heavy atom. The molecule has 1 amide bonds. The van der Waals surface area contributed by atoms with Crippen LogP contribution in [0.15, 0.2) is 60.7 Å². The van der Waals surface area contributed by atoms with E-state index in [1.165, 1.54) is 23.3 Å². The number of halogens is 3. The molecule has 8 nitrogen and oxygen atoms in total. The van der Waals surface area contributed by atoms with Crippen molar-refractivity contribution >= 4 is 23.5 Å². The molecule has 2 aliphatic rings. The maximum Gasteiger partial charge on any atom is 0.416 e. The highest BCUT2D eigenvalue weighted by atomic mass is 19.4. The molecule has 0 aliphatic carbocycles. The van der Waals surface area contributed by atoms with E-state index in [1.54, 1.807) is 6.07 Å². The largest absolute Gasteiger partial charge is 0.478 e. The lowest BCUT2D eigenvalue weighted by Crippen LogP contribution is -2.46. The molecule has 0 bridgehead atoms. The van der Waals surface area contributed by atoms with Gasteiger partial charge in [-0.1, -0.05) is 30.3 Å². The first-order valence-electron chi connectivity index (χ1n) is 12.7. The summed E-state index contributed by atoms with van der Waals surface area (Å²) < 4.78 is 38.8. The standard InChI is InChI=1S/C24H28F3N3O.C4H4O4/c25-24(26,27)20-4-1-5-21(17-20)30-15-13-29(14-16-30)12-2-3-18-6-8-19(9-7-18)22-10-11-23(31)28-22;5-3(6)1-2-4(7)8/h1,4-9,17,22H,2-3,10-16H2,(H,28,31);1-2H,(H,5,6)(H,7,8). The molecule has 39 heavy (non-hydrogen) atoms. The van der Waals surface area contributed by atoms with Crippen molar-refractivity contribution in [3.8, 4) is 0 Å². The number of piperazine rings is 1. The third-order valence-electron chi connectivity index (χ3n) is 6.60. The minimum atomic E-state index is -4.30. The normalized spacial score (nSPS) is 18.0. The zero-order chi connectivity index (χ0) is 28.4. The quantitative estimate of drug-likeness (QED) is 0.427. The average Bonchev–Trinajstić information content (AvgIpc) is 3.34. The number of hydrogen-bond acceptors (Lipinski definition) is 5. The Morgan fingerprint density at radius 2 is 1.62 bits per heavy atom. The molecule has 2 aromatic carbocycles. The fourth-order valence-corrected chi connectivity index (χ4v) is 4.54. The van der Waals surface area contributed by atoms with Crippen LogP contribution in [0.5, 0.6) is 0 Å². The van der Waals surface area contributed by atoms with Crippen LogP contribution in [-0.2, 0) is 27.0 Å². The van der Waals surface area contributed by atoms with Gasteiger partial charge in [0.15, 0.2) is 0 Å². The number of carboxylic acids is 2. The number of alkyl halides is 3. The van der Waals surface area contributed by atoms with Crippen LogP contribution in [0.3, 0.4) is 0 Å². The van der Waals surface area contributed by atoms with Gasteiger partial charge in [-0.15, -0.1) is 0 Å². The van der Waals surface area contributed by atoms with E-state index in [4.69, 9.17) is 10.2 Å². The van der Waals surface area contributed by atoms with Gasteiger partial charge < -0.3 is 20.4 Å². The van der Waals surface area contributed by atoms with Gasteiger partial charge in [-0.25, -0.2) is 9.59 Å². The zero-order valence-corrected chi connectivity index (χ0v) is 21.4. The lowest BCUT2D eigenvalue weighted by atomic mass is 10.0. The summed E-state index contributed by atoms with van der Waals surface area (Å²) >= 11 is 0. The Bertz CT molecular complexity index is 1140. The summed E-state index contributed by atoms with van der Waals surface area (Å²) in [6.45, 7) is 4.18. The van der Waals surface area contributed by atoms with Crippen LogP contribution in [0.4, 0.5) is 18.9 Å². The second kappa shape index (κ2) is 13.8. The molecular formula is C28H32F3N3O5. The van der Waals surface area contributed by atoms with Crippen LogP contribution in [0.25, 0.3) is 0 Å². The summed E-state index contributed by atoms with van der Waals surface area (Å²) in [6, 6.07) is 14.3. The average molecular weight is 548 g/mol. The second-order valence-corrected chi connectivity index (χ2v) is 9.39. The Labute approximate surface area is 224 Å². The molecule has 2 heterocycles. The van der Waals surface area contributed by atoms with E-state index in [2.05, 4.69) is 34.5 Å². The van der Waals surface area contributed by atoms with Gasteiger partial charge in [0.1, 0.15) is 0 Å². The second-order valence-electron chi connectivity index (χ2n) is 9.39. The summed E-state index contributed by atoms with van der Waals surface area (Å²) in [6.07, 6.45) is 0.318. The fraction of sp³-hybridized carbons (Fsp3) is 0.393. The summed E-state index contributed by atoms with van der Waals surface area (Å²) in [5.74, 6) is -2.39. The van der Waals surface area contributed by atoms with Crippen molar-refractivity contribution < 1.29 is 37.8 Å². The molecule has 1 atom stereocenters. The Hall–Kier alpha value is -3.86. The van der Waals surface area contributed by atoms with Crippen LogP contribution in [0.2, 0.25) is 0 Å². The number of carbonyl (C=O) groups is 3. The third-order valence-corrected chi connectivity index (χ3v) is 6.60. The molecule has 11 heteroatoms. The van der Waals surface area contributed by atoms with Gasteiger partial charge in [-0.3, -0.25) is 9.69 Å². The van der Waals surface area contributed by atoms with E-state index < -0.39 is 23.7 Å². The molecule has 3 N–H and O–H groups in total. The van der Waals surface area contributed by atoms with Gasteiger partial charge in [0.05, 0.1) is 11.6 Å². The molecule has 210 valence electrons. The lowest BCUT2D eigenvalue weighted by molar-refractivity contribution is -0.137.